The van der Waals surface area contributed by atoms with E-state index in [-0.39, 0.29) is 12.3 Å². The van der Waals surface area contributed by atoms with Crippen molar-refractivity contribution >= 4 is 12.2 Å². The van der Waals surface area contributed by atoms with E-state index in [1.807, 2.05) is 5.01 Å². The highest BCUT2D eigenvalue weighted by Crippen LogP contribution is 2.30. The fraction of sp³-hybridized carbons (Fsp3) is 0.438. The molecular formula is C16H17N3O3. The third kappa shape index (κ3) is 2.81. The molecule has 0 amide bonds. The van der Waals surface area contributed by atoms with Crippen LogP contribution in [0.2, 0.25) is 0 Å². The molecule has 2 aliphatic rings. The van der Waals surface area contributed by atoms with Crippen LogP contribution in [0.5, 0.6) is 0 Å². The van der Waals surface area contributed by atoms with Crippen LogP contribution >= 0.6 is 0 Å². The zero-order valence-corrected chi connectivity index (χ0v) is 12.4. The van der Waals surface area contributed by atoms with Gasteiger partial charge in [0.25, 0.3) is 0 Å². The van der Waals surface area contributed by atoms with Crippen molar-refractivity contribution in [1.82, 2.24) is 9.99 Å². The number of aromatic nitrogens is 1. The van der Waals surface area contributed by atoms with E-state index in [1.165, 1.54) is 7.11 Å². The molecule has 2 atom stereocenters. The maximum absolute atomic E-state index is 12.0. The lowest BCUT2D eigenvalue weighted by Crippen LogP contribution is -2.39. The van der Waals surface area contributed by atoms with E-state index in [4.69, 9.17) is 9.47 Å². The standard InChI is InChI=1S/C16H17N3O3/c1-21-16(20)12-7-9-17-11-13(12)14-5-4-8-18-19(14)15-6-2-3-10-22-15/h7-9,11,14-15H,2-3,6,10H2,1H3. The molecule has 2 aliphatic heterocycles. The first-order valence-electron chi connectivity index (χ1n) is 7.27. The average molecular weight is 299 g/mol. The number of methoxy groups -OCH3 is 1. The summed E-state index contributed by atoms with van der Waals surface area (Å²) in [6, 6.07) is 1.28. The number of nitrogens with zero attached hydrogens (tertiary/aromatic N) is 3. The minimum Gasteiger partial charge on any atom is -0.465 e. The highest BCUT2D eigenvalue weighted by atomic mass is 16.5. The topological polar surface area (TPSA) is 64.0 Å². The maximum atomic E-state index is 12.0. The minimum atomic E-state index is -0.404. The van der Waals surface area contributed by atoms with Gasteiger partial charge in [-0.25, -0.2) is 9.80 Å². The first-order valence-corrected chi connectivity index (χ1v) is 7.27. The Morgan fingerprint density at radius 1 is 1.50 bits per heavy atom. The number of rotatable bonds is 3. The van der Waals surface area contributed by atoms with Crippen LogP contribution < -0.4 is 0 Å². The fourth-order valence-corrected chi connectivity index (χ4v) is 2.66. The molecule has 0 N–H and O–H groups in total. The number of hydrazone groups is 1. The molecule has 3 rings (SSSR count). The SMILES string of the molecule is COC(=O)c1ccncc1C1C#CC=NN1C1CCCCO1. The van der Waals surface area contributed by atoms with E-state index in [2.05, 4.69) is 21.9 Å². The number of pyridine rings is 1. The van der Waals surface area contributed by atoms with Crippen LogP contribution in [0.4, 0.5) is 0 Å². The summed E-state index contributed by atoms with van der Waals surface area (Å²) in [5.41, 5.74) is 1.14. The molecule has 1 saturated heterocycles. The van der Waals surface area contributed by atoms with Crippen molar-refractivity contribution < 1.29 is 14.3 Å². The Balaban J connectivity index is 1.94. The van der Waals surface area contributed by atoms with Crippen LogP contribution in [0, 0.1) is 11.8 Å². The van der Waals surface area contributed by atoms with E-state index in [1.54, 1.807) is 24.7 Å². The van der Waals surface area contributed by atoms with Crippen LogP contribution in [-0.2, 0) is 9.47 Å². The van der Waals surface area contributed by atoms with Gasteiger partial charge in [-0.15, -0.1) is 0 Å². The van der Waals surface area contributed by atoms with Gasteiger partial charge in [0.15, 0.2) is 0 Å². The van der Waals surface area contributed by atoms with Gasteiger partial charge in [0.05, 0.1) is 18.9 Å². The molecule has 0 aliphatic carbocycles. The van der Waals surface area contributed by atoms with Crippen molar-refractivity contribution in [2.45, 2.75) is 31.5 Å². The lowest BCUT2D eigenvalue weighted by atomic mass is 10.0. The number of hydrogen-bond acceptors (Lipinski definition) is 6. The number of ether oxygens (including phenoxy) is 2. The van der Waals surface area contributed by atoms with E-state index >= 15 is 0 Å². The number of hydrogen-bond donors (Lipinski definition) is 0. The van der Waals surface area contributed by atoms with Crippen molar-refractivity contribution in [2.75, 3.05) is 13.7 Å². The molecule has 22 heavy (non-hydrogen) atoms. The Hall–Kier alpha value is -2.39. The normalized spacial score (nSPS) is 23.6. The highest BCUT2D eigenvalue weighted by Gasteiger charge is 2.31. The molecule has 2 unspecified atom stereocenters. The van der Waals surface area contributed by atoms with Gasteiger partial charge < -0.3 is 9.47 Å². The Morgan fingerprint density at radius 3 is 3.18 bits per heavy atom. The fourth-order valence-electron chi connectivity index (χ4n) is 2.66. The first kappa shape index (κ1) is 14.5. The lowest BCUT2D eigenvalue weighted by molar-refractivity contribution is -0.0954. The number of esters is 1. The second kappa shape index (κ2) is 6.58. The predicted octanol–water partition coefficient (Wildman–Crippen LogP) is 1.74. The third-order valence-corrected chi connectivity index (χ3v) is 3.74. The summed E-state index contributed by atoms with van der Waals surface area (Å²) in [6.45, 7) is 0.716. The van der Waals surface area contributed by atoms with Crippen molar-refractivity contribution in [3.63, 3.8) is 0 Å². The average Bonchev–Trinajstić information content (AvgIpc) is 2.62. The van der Waals surface area contributed by atoms with E-state index in [9.17, 15) is 4.79 Å². The minimum absolute atomic E-state index is 0.129. The highest BCUT2D eigenvalue weighted by molar-refractivity contribution is 5.91. The summed E-state index contributed by atoms with van der Waals surface area (Å²) in [6.07, 6.45) is 7.68. The summed E-state index contributed by atoms with van der Waals surface area (Å²) in [4.78, 5) is 16.1. The van der Waals surface area contributed by atoms with Crippen molar-refractivity contribution in [2.24, 2.45) is 5.10 Å². The van der Waals surface area contributed by atoms with Gasteiger partial charge in [0, 0.05) is 24.6 Å². The van der Waals surface area contributed by atoms with Crippen LogP contribution in [-0.4, -0.2) is 42.1 Å². The monoisotopic (exact) mass is 299 g/mol. The van der Waals surface area contributed by atoms with Gasteiger partial charge in [-0.3, -0.25) is 4.98 Å². The van der Waals surface area contributed by atoms with Crippen LogP contribution in [0.1, 0.15) is 41.2 Å². The summed E-state index contributed by atoms with van der Waals surface area (Å²) in [5, 5.41) is 6.19. The van der Waals surface area contributed by atoms with Gasteiger partial charge in [-0.05, 0) is 25.3 Å². The molecule has 1 aromatic heterocycles. The number of carbonyl (C=O) groups is 1. The molecule has 1 fully saturated rings. The van der Waals surface area contributed by atoms with Gasteiger partial charge in [0.1, 0.15) is 12.3 Å². The largest absolute Gasteiger partial charge is 0.465 e. The Bertz CT molecular complexity index is 642. The molecule has 0 aromatic carbocycles. The quantitative estimate of drug-likeness (QED) is 0.628. The molecule has 1 aromatic rings. The van der Waals surface area contributed by atoms with Crippen molar-refractivity contribution in [3.05, 3.63) is 29.6 Å². The summed E-state index contributed by atoms with van der Waals surface area (Å²) < 4.78 is 10.6. The van der Waals surface area contributed by atoms with Gasteiger partial charge in [-0.2, -0.15) is 5.10 Å². The second-order valence-corrected chi connectivity index (χ2v) is 5.09. The van der Waals surface area contributed by atoms with E-state index in [0.29, 0.717) is 17.7 Å². The second-order valence-electron chi connectivity index (χ2n) is 5.09. The van der Waals surface area contributed by atoms with Crippen LogP contribution in [0.25, 0.3) is 0 Å². The lowest BCUT2D eigenvalue weighted by Gasteiger charge is -2.36. The third-order valence-electron chi connectivity index (χ3n) is 3.74. The Morgan fingerprint density at radius 2 is 2.41 bits per heavy atom. The molecule has 0 saturated carbocycles. The van der Waals surface area contributed by atoms with Gasteiger partial charge in [0.2, 0.25) is 0 Å². The van der Waals surface area contributed by atoms with Gasteiger partial charge >= 0.3 is 5.97 Å². The summed E-state index contributed by atoms with van der Waals surface area (Å²) in [5.74, 6) is 5.56. The van der Waals surface area contributed by atoms with Crippen molar-refractivity contribution in [3.8, 4) is 11.8 Å². The maximum Gasteiger partial charge on any atom is 0.338 e. The van der Waals surface area contributed by atoms with Crippen molar-refractivity contribution in [1.29, 1.82) is 0 Å². The summed E-state index contributed by atoms with van der Waals surface area (Å²) >= 11 is 0. The smallest absolute Gasteiger partial charge is 0.338 e. The molecule has 0 spiro atoms. The predicted molar refractivity (Wildman–Crippen MR) is 80.0 cm³/mol. The number of carbonyl (C=O) groups excluding carboxylic acids is 1. The zero-order chi connectivity index (χ0) is 15.4. The zero-order valence-electron chi connectivity index (χ0n) is 12.4. The van der Waals surface area contributed by atoms with Gasteiger partial charge in [-0.1, -0.05) is 11.8 Å². The molecule has 3 heterocycles. The molecule has 0 bridgehead atoms. The Kier molecular flexibility index (Phi) is 4.35. The van der Waals surface area contributed by atoms with Crippen LogP contribution in [0.15, 0.2) is 23.6 Å². The first-order chi connectivity index (χ1) is 10.8. The molecule has 0 radical (unpaired) electrons. The Labute approximate surface area is 129 Å². The summed E-state index contributed by atoms with van der Waals surface area (Å²) in [7, 11) is 1.36. The van der Waals surface area contributed by atoms with Crippen LogP contribution in [0.3, 0.4) is 0 Å². The van der Waals surface area contributed by atoms with E-state index in [0.717, 1.165) is 19.3 Å². The molecule has 6 nitrogen and oxygen atoms in total. The molecule has 114 valence electrons. The molecular weight excluding hydrogens is 282 g/mol. The molecule has 6 heteroatoms. The van der Waals surface area contributed by atoms with E-state index < -0.39 is 5.97 Å².